The van der Waals surface area contributed by atoms with Gasteiger partial charge in [0, 0.05) is 26.8 Å². The van der Waals surface area contributed by atoms with Crippen LogP contribution in [-0.2, 0) is 9.47 Å². The molecule has 5 nitrogen and oxygen atoms in total. The van der Waals surface area contributed by atoms with Crippen molar-refractivity contribution in [3.8, 4) is 0 Å². The summed E-state index contributed by atoms with van der Waals surface area (Å²) < 4.78 is 11.4. The molecule has 0 aromatic rings. The molecule has 1 saturated carbocycles. The zero-order valence-electron chi connectivity index (χ0n) is 14.2. The van der Waals surface area contributed by atoms with Crippen molar-refractivity contribution in [1.82, 2.24) is 10.2 Å². The van der Waals surface area contributed by atoms with E-state index in [4.69, 9.17) is 9.47 Å². The number of urea groups is 1. The fourth-order valence-corrected chi connectivity index (χ4v) is 3.51. The lowest BCUT2D eigenvalue weighted by Crippen LogP contribution is -2.51. The van der Waals surface area contributed by atoms with E-state index in [2.05, 4.69) is 12.2 Å². The Morgan fingerprint density at radius 2 is 1.95 bits per heavy atom. The standard InChI is InChI=1S/C17H32N2O3/c1-3-13-22-14-7-6-11-19(12-10-14)17(20)18-15-8-4-5-9-16(15)21-2/h14-16H,3-13H2,1-2H3,(H,18,20)/t14-,15+,16+/m1/s1. The first-order valence-electron chi connectivity index (χ1n) is 8.94. The van der Waals surface area contributed by atoms with Crippen LogP contribution in [0.3, 0.4) is 0 Å². The van der Waals surface area contributed by atoms with Gasteiger partial charge in [-0.05, 0) is 38.5 Å². The quantitative estimate of drug-likeness (QED) is 0.849. The molecule has 2 rings (SSSR count). The Hall–Kier alpha value is -0.810. The highest BCUT2D eigenvalue weighted by molar-refractivity contribution is 5.74. The van der Waals surface area contributed by atoms with Gasteiger partial charge in [-0.1, -0.05) is 19.8 Å². The fourth-order valence-electron chi connectivity index (χ4n) is 3.51. The van der Waals surface area contributed by atoms with E-state index in [1.54, 1.807) is 7.11 Å². The summed E-state index contributed by atoms with van der Waals surface area (Å²) >= 11 is 0. The first-order chi connectivity index (χ1) is 10.7. The minimum Gasteiger partial charge on any atom is -0.379 e. The summed E-state index contributed by atoms with van der Waals surface area (Å²) in [6.07, 6.45) is 9.04. The van der Waals surface area contributed by atoms with Crippen LogP contribution >= 0.6 is 0 Å². The summed E-state index contributed by atoms with van der Waals surface area (Å²) in [6, 6.07) is 0.242. The molecule has 1 aliphatic heterocycles. The topological polar surface area (TPSA) is 50.8 Å². The molecule has 3 atom stereocenters. The highest BCUT2D eigenvalue weighted by atomic mass is 16.5. The molecule has 5 heteroatoms. The number of hydrogen-bond donors (Lipinski definition) is 1. The van der Waals surface area contributed by atoms with E-state index in [1.807, 2.05) is 4.90 Å². The fraction of sp³-hybridized carbons (Fsp3) is 0.941. The van der Waals surface area contributed by atoms with E-state index in [0.717, 1.165) is 58.2 Å². The molecule has 2 amide bonds. The molecule has 1 N–H and O–H groups in total. The minimum atomic E-state index is 0.0742. The molecular formula is C17H32N2O3. The third-order valence-corrected chi connectivity index (χ3v) is 4.83. The van der Waals surface area contributed by atoms with E-state index in [9.17, 15) is 4.79 Å². The third kappa shape index (κ3) is 5.13. The smallest absolute Gasteiger partial charge is 0.317 e. The Kier molecular flexibility index (Phi) is 7.46. The molecule has 0 aromatic carbocycles. The van der Waals surface area contributed by atoms with Gasteiger partial charge < -0.3 is 19.7 Å². The van der Waals surface area contributed by atoms with Crippen molar-refractivity contribution in [3.05, 3.63) is 0 Å². The number of rotatable bonds is 5. The molecule has 0 bridgehead atoms. The molecule has 1 saturated heterocycles. The predicted octanol–water partition coefficient (Wildman–Crippen LogP) is 2.93. The van der Waals surface area contributed by atoms with Crippen LogP contribution in [0.4, 0.5) is 4.79 Å². The van der Waals surface area contributed by atoms with Crippen LogP contribution in [0, 0.1) is 0 Å². The summed E-state index contributed by atoms with van der Waals surface area (Å²) in [7, 11) is 1.75. The van der Waals surface area contributed by atoms with Gasteiger partial charge in [0.05, 0.1) is 18.2 Å². The van der Waals surface area contributed by atoms with Gasteiger partial charge in [-0.3, -0.25) is 0 Å². The minimum absolute atomic E-state index is 0.0742. The molecule has 128 valence electrons. The largest absolute Gasteiger partial charge is 0.379 e. The van der Waals surface area contributed by atoms with Gasteiger partial charge in [-0.25, -0.2) is 4.79 Å². The summed E-state index contributed by atoms with van der Waals surface area (Å²) in [5.41, 5.74) is 0. The van der Waals surface area contributed by atoms with Crippen LogP contribution in [0.5, 0.6) is 0 Å². The second kappa shape index (κ2) is 9.36. The van der Waals surface area contributed by atoms with E-state index in [1.165, 1.54) is 12.8 Å². The van der Waals surface area contributed by atoms with Crippen molar-refractivity contribution in [1.29, 1.82) is 0 Å². The molecule has 0 unspecified atom stereocenters. The monoisotopic (exact) mass is 312 g/mol. The Morgan fingerprint density at radius 1 is 1.14 bits per heavy atom. The number of likely N-dealkylation sites (tertiary alicyclic amines) is 1. The Balaban J connectivity index is 1.79. The molecular weight excluding hydrogens is 280 g/mol. The van der Waals surface area contributed by atoms with E-state index in [-0.39, 0.29) is 18.2 Å². The third-order valence-electron chi connectivity index (χ3n) is 4.83. The van der Waals surface area contributed by atoms with Crippen molar-refractivity contribution in [2.24, 2.45) is 0 Å². The highest BCUT2D eigenvalue weighted by Crippen LogP contribution is 2.21. The van der Waals surface area contributed by atoms with Crippen LogP contribution in [0.1, 0.15) is 58.3 Å². The predicted molar refractivity (Wildman–Crippen MR) is 87.0 cm³/mol. The molecule has 0 radical (unpaired) electrons. The zero-order chi connectivity index (χ0) is 15.8. The van der Waals surface area contributed by atoms with Crippen molar-refractivity contribution >= 4 is 6.03 Å². The number of nitrogens with zero attached hydrogens (tertiary/aromatic N) is 1. The number of carbonyl (C=O) groups is 1. The van der Waals surface area contributed by atoms with Crippen LogP contribution in [0.2, 0.25) is 0 Å². The first-order valence-corrected chi connectivity index (χ1v) is 8.94. The Bertz CT molecular complexity index is 338. The van der Waals surface area contributed by atoms with Crippen molar-refractivity contribution in [2.75, 3.05) is 26.8 Å². The second-order valence-electron chi connectivity index (χ2n) is 6.53. The molecule has 2 fully saturated rings. The Morgan fingerprint density at radius 3 is 2.73 bits per heavy atom. The maximum absolute atomic E-state index is 12.5. The Labute approximate surface area is 134 Å². The second-order valence-corrected chi connectivity index (χ2v) is 6.53. The number of nitrogens with one attached hydrogen (secondary N) is 1. The molecule has 0 spiro atoms. The average Bonchev–Trinajstić information content (AvgIpc) is 2.79. The van der Waals surface area contributed by atoms with Crippen LogP contribution in [-0.4, -0.2) is 56.0 Å². The normalized spacial score (nSPS) is 29.9. The van der Waals surface area contributed by atoms with E-state index in [0.29, 0.717) is 6.10 Å². The average molecular weight is 312 g/mol. The molecule has 2 aliphatic rings. The maximum atomic E-state index is 12.5. The molecule has 1 heterocycles. The van der Waals surface area contributed by atoms with Gasteiger partial charge in [0.15, 0.2) is 0 Å². The van der Waals surface area contributed by atoms with E-state index >= 15 is 0 Å². The lowest BCUT2D eigenvalue weighted by molar-refractivity contribution is 0.0408. The van der Waals surface area contributed by atoms with Gasteiger partial charge in [0.25, 0.3) is 0 Å². The van der Waals surface area contributed by atoms with Gasteiger partial charge in [-0.15, -0.1) is 0 Å². The molecule has 1 aliphatic carbocycles. The van der Waals surface area contributed by atoms with Crippen molar-refractivity contribution in [2.45, 2.75) is 76.5 Å². The number of ether oxygens (including phenoxy) is 2. The summed E-state index contributed by atoms with van der Waals surface area (Å²) in [5, 5.41) is 3.20. The van der Waals surface area contributed by atoms with Crippen LogP contribution < -0.4 is 5.32 Å². The number of carbonyl (C=O) groups excluding carboxylic acids is 1. The summed E-state index contributed by atoms with van der Waals surface area (Å²) in [4.78, 5) is 14.5. The molecule has 0 aromatic heterocycles. The van der Waals surface area contributed by atoms with Crippen LogP contribution in [0.25, 0.3) is 0 Å². The lowest BCUT2D eigenvalue weighted by Gasteiger charge is -2.33. The van der Waals surface area contributed by atoms with Crippen molar-refractivity contribution < 1.29 is 14.3 Å². The SMILES string of the molecule is CCCO[C@@H]1CCCN(C(=O)N[C@H]2CCCC[C@@H]2OC)CC1. The number of hydrogen-bond acceptors (Lipinski definition) is 3. The maximum Gasteiger partial charge on any atom is 0.317 e. The van der Waals surface area contributed by atoms with Gasteiger partial charge in [0.2, 0.25) is 0 Å². The zero-order valence-corrected chi connectivity index (χ0v) is 14.2. The summed E-state index contributed by atoms with van der Waals surface area (Å²) in [5.74, 6) is 0. The van der Waals surface area contributed by atoms with Gasteiger partial charge >= 0.3 is 6.03 Å². The number of amides is 2. The lowest BCUT2D eigenvalue weighted by atomic mass is 9.92. The van der Waals surface area contributed by atoms with Gasteiger partial charge in [0.1, 0.15) is 0 Å². The van der Waals surface area contributed by atoms with Gasteiger partial charge in [-0.2, -0.15) is 0 Å². The van der Waals surface area contributed by atoms with Crippen LogP contribution in [0.15, 0.2) is 0 Å². The van der Waals surface area contributed by atoms with Crippen molar-refractivity contribution in [3.63, 3.8) is 0 Å². The highest BCUT2D eigenvalue weighted by Gasteiger charge is 2.28. The summed E-state index contributed by atoms with van der Waals surface area (Å²) in [6.45, 7) is 4.59. The first kappa shape index (κ1) is 17.5. The molecule has 22 heavy (non-hydrogen) atoms. The van der Waals surface area contributed by atoms with E-state index < -0.39 is 0 Å². The number of methoxy groups -OCH3 is 1.